The van der Waals surface area contributed by atoms with Crippen LogP contribution in [-0.2, 0) is 22.7 Å². The molecule has 0 unspecified atom stereocenters. The maximum absolute atomic E-state index is 11.9. The number of esters is 1. The number of hydrogen-bond acceptors (Lipinski definition) is 6. The van der Waals surface area contributed by atoms with Crippen molar-refractivity contribution in [2.45, 2.75) is 13.2 Å². The number of hydrogen-bond donors (Lipinski definition) is 0. The Morgan fingerprint density at radius 1 is 0.857 bits per heavy atom. The molecule has 0 N–H and O–H groups in total. The van der Waals surface area contributed by atoms with Crippen LogP contribution >= 0.6 is 11.6 Å². The molecule has 0 saturated heterocycles. The number of nitrogens with zero attached hydrogens (tertiary/aromatic N) is 2. The van der Waals surface area contributed by atoms with Crippen molar-refractivity contribution in [2.75, 3.05) is 21.3 Å². The fourth-order valence-corrected chi connectivity index (χ4v) is 3.79. The number of carbonyl (C=O) groups excluding carboxylic acids is 1. The van der Waals surface area contributed by atoms with Crippen molar-refractivity contribution in [1.29, 1.82) is 0 Å². The first kappa shape index (κ1) is 24.3. The highest BCUT2D eigenvalue weighted by Crippen LogP contribution is 2.27. The van der Waals surface area contributed by atoms with Crippen molar-refractivity contribution in [2.24, 2.45) is 0 Å². The van der Waals surface area contributed by atoms with Crippen LogP contribution in [0.2, 0.25) is 5.02 Å². The average Bonchev–Trinajstić information content (AvgIpc) is 3.33. The average molecular weight is 493 g/mol. The van der Waals surface area contributed by atoms with Crippen LogP contribution in [0, 0.1) is 0 Å². The minimum absolute atomic E-state index is 0.280. The van der Waals surface area contributed by atoms with E-state index in [0.717, 1.165) is 39.7 Å². The number of carbonyl (C=O) groups is 1. The molecule has 0 bridgehead atoms. The van der Waals surface area contributed by atoms with Crippen LogP contribution in [0.4, 0.5) is 0 Å². The highest BCUT2D eigenvalue weighted by atomic mass is 35.5. The Hall–Kier alpha value is -3.81. The first-order valence-corrected chi connectivity index (χ1v) is 11.2. The normalized spacial score (nSPS) is 10.7. The second kappa shape index (κ2) is 11.1. The molecule has 0 radical (unpaired) electrons. The molecule has 3 aromatic carbocycles. The van der Waals surface area contributed by atoms with Crippen molar-refractivity contribution in [3.63, 3.8) is 0 Å². The Morgan fingerprint density at radius 3 is 2.14 bits per heavy atom. The van der Waals surface area contributed by atoms with E-state index in [4.69, 9.17) is 35.6 Å². The fraction of sp³-hybridized carbons (Fsp3) is 0.185. The van der Waals surface area contributed by atoms with Crippen LogP contribution in [-0.4, -0.2) is 37.1 Å². The van der Waals surface area contributed by atoms with Crippen LogP contribution in [0.25, 0.3) is 16.9 Å². The van der Waals surface area contributed by atoms with Gasteiger partial charge in [0.25, 0.3) is 0 Å². The van der Waals surface area contributed by atoms with E-state index in [1.165, 1.54) is 7.11 Å². The molecular formula is C27H25ClN2O5. The number of methoxy groups -OCH3 is 3. The van der Waals surface area contributed by atoms with Crippen molar-refractivity contribution >= 4 is 17.6 Å². The van der Waals surface area contributed by atoms with Crippen LogP contribution in [0.15, 0.2) is 72.8 Å². The van der Waals surface area contributed by atoms with Crippen molar-refractivity contribution in [3.8, 4) is 28.4 Å². The minimum Gasteiger partial charge on any atom is -0.497 e. The molecule has 1 aromatic heterocycles. The fourth-order valence-electron chi connectivity index (χ4n) is 3.59. The van der Waals surface area contributed by atoms with E-state index in [0.29, 0.717) is 10.6 Å². The molecule has 1 heterocycles. The summed E-state index contributed by atoms with van der Waals surface area (Å²) >= 11 is 6.10. The zero-order valence-electron chi connectivity index (χ0n) is 19.7. The summed E-state index contributed by atoms with van der Waals surface area (Å²) in [5.41, 5.74) is 4.66. The zero-order chi connectivity index (χ0) is 24.8. The molecule has 4 aromatic rings. The van der Waals surface area contributed by atoms with Gasteiger partial charge in [-0.1, -0.05) is 17.7 Å². The second-order valence-corrected chi connectivity index (χ2v) is 8.07. The van der Waals surface area contributed by atoms with Crippen molar-refractivity contribution < 1.29 is 23.7 Å². The molecule has 35 heavy (non-hydrogen) atoms. The lowest BCUT2D eigenvalue weighted by Crippen LogP contribution is -2.04. The van der Waals surface area contributed by atoms with Crippen LogP contribution in [0.3, 0.4) is 0 Å². The lowest BCUT2D eigenvalue weighted by Gasteiger charge is -2.09. The number of benzene rings is 3. The molecule has 4 rings (SSSR count). The molecule has 0 amide bonds. The zero-order valence-corrected chi connectivity index (χ0v) is 20.4. The summed E-state index contributed by atoms with van der Waals surface area (Å²) < 4.78 is 23.1. The molecule has 0 aliphatic carbocycles. The molecular weight excluding hydrogens is 468 g/mol. The summed E-state index contributed by atoms with van der Waals surface area (Å²) in [6.45, 7) is 0.566. The maximum atomic E-state index is 11.9. The van der Waals surface area contributed by atoms with Crippen LogP contribution in [0.1, 0.15) is 21.6 Å². The lowest BCUT2D eigenvalue weighted by atomic mass is 10.1. The lowest BCUT2D eigenvalue weighted by molar-refractivity contribution is 0.0600. The Balaban J connectivity index is 1.57. The van der Waals surface area contributed by atoms with Gasteiger partial charge in [0.05, 0.1) is 62.2 Å². The van der Waals surface area contributed by atoms with Crippen LogP contribution < -0.4 is 9.47 Å². The van der Waals surface area contributed by atoms with E-state index >= 15 is 0 Å². The van der Waals surface area contributed by atoms with Gasteiger partial charge in [0.2, 0.25) is 0 Å². The molecule has 0 saturated carbocycles. The highest BCUT2D eigenvalue weighted by molar-refractivity contribution is 6.33. The third-order valence-corrected chi connectivity index (χ3v) is 5.75. The first-order valence-electron chi connectivity index (χ1n) is 10.8. The summed E-state index contributed by atoms with van der Waals surface area (Å²) in [5, 5.41) is 5.12. The predicted octanol–water partition coefficient (Wildman–Crippen LogP) is 5.71. The smallest absolute Gasteiger partial charge is 0.339 e. The van der Waals surface area contributed by atoms with E-state index in [1.54, 1.807) is 26.4 Å². The number of ether oxygens (including phenoxy) is 4. The van der Waals surface area contributed by atoms with Crippen molar-refractivity contribution in [3.05, 3.63) is 94.6 Å². The molecule has 180 valence electrons. The monoisotopic (exact) mass is 492 g/mol. The topological polar surface area (TPSA) is 71.8 Å². The molecule has 0 aliphatic heterocycles. The van der Waals surface area contributed by atoms with Gasteiger partial charge in [0.15, 0.2) is 0 Å². The van der Waals surface area contributed by atoms with Crippen LogP contribution in [0.5, 0.6) is 11.5 Å². The third kappa shape index (κ3) is 5.65. The van der Waals surface area contributed by atoms with Gasteiger partial charge in [-0.05, 0) is 72.3 Å². The summed E-state index contributed by atoms with van der Waals surface area (Å²) in [6.07, 6.45) is 0. The van der Waals surface area contributed by atoms with E-state index in [-0.39, 0.29) is 13.2 Å². The molecule has 8 heteroatoms. The van der Waals surface area contributed by atoms with E-state index in [1.807, 2.05) is 65.3 Å². The third-order valence-electron chi connectivity index (χ3n) is 5.42. The number of aromatic nitrogens is 2. The molecule has 0 fully saturated rings. The first-order chi connectivity index (χ1) is 17.0. The molecule has 0 spiro atoms. The van der Waals surface area contributed by atoms with Gasteiger partial charge in [-0.3, -0.25) is 0 Å². The summed E-state index contributed by atoms with van der Waals surface area (Å²) in [7, 11) is 4.60. The van der Waals surface area contributed by atoms with Crippen molar-refractivity contribution in [1.82, 2.24) is 9.78 Å². The van der Waals surface area contributed by atoms with Gasteiger partial charge in [-0.15, -0.1) is 0 Å². The standard InChI is InChI=1S/C27H25ClN2O5/c1-32-22-9-5-19(6-10-22)26-15-20(29-30(26)21-7-11-23(33-2)12-8-21)17-35-16-18-4-13-25(28)24(14-18)27(31)34-3/h4-15H,16-17H2,1-3H3. The Kier molecular flexibility index (Phi) is 7.70. The highest BCUT2D eigenvalue weighted by Gasteiger charge is 2.14. The largest absolute Gasteiger partial charge is 0.497 e. The minimum atomic E-state index is -0.487. The van der Waals surface area contributed by atoms with E-state index < -0.39 is 5.97 Å². The van der Waals surface area contributed by atoms with Gasteiger partial charge in [-0.2, -0.15) is 5.10 Å². The van der Waals surface area contributed by atoms with Gasteiger partial charge in [0, 0.05) is 5.56 Å². The molecule has 0 atom stereocenters. The maximum Gasteiger partial charge on any atom is 0.339 e. The van der Waals surface area contributed by atoms with E-state index in [2.05, 4.69) is 0 Å². The second-order valence-electron chi connectivity index (χ2n) is 7.66. The molecule has 7 nitrogen and oxygen atoms in total. The van der Waals surface area contributed by atoms with E-state index in [9.17, 15) is 4.79 Å². The Labute approximate surface area is 208 Å². The Bertz CT molecular complexity index is 1240. The quantitative estimate of drug-likeness (QED) is 0.278. The Morgan fingerprint density at radius 2 is 1.51 bits per heavy atom. The van der Waals surface area contributed by atoms with Gasteiger partial charge in [0.1, 0.15) is 11.5 Å². The van der Waals surface area contributed by atoms with Gasteiger partial charge in [-0.25, -0.2) is 9.48 Å². The molecule has 0 aliphatic rings. The van der Waals surface area contributed by atoms with Gasteiger partial charge < -0.3 is 18.9 Å². The summed E-state index contributed by atoms with van der Waals surface area (Å²) in [6, 6.07) is 22.6. The van der Waals surface area contributed by atoms with Gasteiger partial charge >= 0.3 is 5.97 Å². The SMILES string of the molecule is COC(=O)c1cc(COCc2cc(-c3ccc(OC)cc3)n(-c3ccc(OC)cc3)n2)ccc1Cl. The summed E-state index contributed by atoms with van der Waals surface area (Å²) in [5.74, 6) is 1.06. The summed E-state index contributed by atoms with van der Waals surface area (Å²) in [4.78, 5) is 11.9. The predicted molar refractivity (Wildman–Crippen MR) is 133 cm³/mol. The number of rotatable bonds is 9. The number of halogens is 1.